The van der Waals surface area contributed by atoms with E-state index in [2.05, 4.69) is 5.32 Å². The molecule has 0 fully saturated rings. The van der Waals surface area contributed by atoms with E-state index in [1.807, 2.05) is 0 Å². The van der Waals surface area contributed by atoms with E-state index in [9.17, 15) is 22.3 Å². The van der Waals surface area contributed by atoms with E-state index in [1.165, 1.54) is 7.05 Å². The second-order valence-corrected chi connectivity index (χ2v) is 5.67. The molecule has 1 atom stereocenters. The molecule has 0 aromatic heterocycles. The highest BCUT2D eigenvalue weighted by atomic mass is 32.2. The van der Waals surface area contributed by atoms with Gasteiger partial charge in [-0.2, -0.15) is 0 Å². The van der Waals surface area contributed by atoms with Gasteiger partial charge in [0.1, 0.15) is 0 Å². The maximum Gasteiger partial charge on any atom is 0.175 e. The van der Waals surface area contributed by atoms with Crippen molar-refractivity contribution in [1.82, 2.24) is 5.32 Å². The number of aliphatic hydroxyl groups excluding tert-OH is 1. The maximum atomic E-state index is 13.4. The molecule has 0 saturated carbocycles. The van der Waals surface area contributed by atoms with Crippen LogP contribution in [0.4, 0.5) is 8.78 Å². The summed E-state index contributed by atoms with van der Waals surface area (Å²) < 4.78 is 49.1. The fraction of sp³-hybridized carbons (Fsp3) is 0.400. The Morgan fingerprint density at radius 1 is 1.41 bits per heavy atom. The van der Waals surface area contributed by atoms with E-state index in [1.54, 1.807) is 0 Å². The van der Waals surface area contributed by atoms with Crippen molar-refractivity contribution in [2.45, 2.75) is 11.0 Å². The van der Waals surface area contributed by atoms with Crippen LogP contribution in [0.3, 0.4) is 0 Å². The third-order valence-electron chi connectivity index (χ3n) is 2.21. The quantitative estimate of drug-likeness (QED) is 0.783. The molecule has 0 aliphatic heterocycles. The lowest BCUT2D eigenvalue weighted by Gasteiger charge is -2.13. The summed E-state index contributed by atoms with van der Waals surface area (Å²) in [5.74, 6) is -2.53. The SMILES string of the molecule is CNCC(O)c1cc(S(C)(=O)=O)cc(F)c1F. The van der Waals surface area contributed by atoms with Crippen LogP contribution >= 0.6 is 0 Å². The predicted octanol–water partition coefficient (Wildman–Crippen LogP) is 0.621. The van der Waals surface area contributed by atoms with Crippen molar-refractivity contribution in [2.24, 2.45) is 0 Å². The van der Waals surface area contributed by atoms with Crippen molar-refractivity contribution >= 4 is 9.84 Å². The minimum Gasteiger partial charge on any atom is -0.387 e. The van der Waals surface area contributed by atoms with Crippen LogP contribution in [0.1, 0.15) is 11.7 Å². The summed E-state index contributed by atoms with van der Waals surface area (Å²) >= 11 is 0. The number of halogens is 2. The average Bonchev–Trinajstić information content (AvgIpc) is 2.20. The first-order valence-corrected chi connectivity index (χ1v) is 6.68. The van der Waals surface area contributed by atoms with Crippen molar-refractivity contribution in [3.8, 4) is 0 Å². The lowest BCUT2D eigenvalue weighted by molar-refractivity contribution is 0.171. The monoisotopic (exact) mass is 265 g/mol. The van der Waals surface area contributed by atoms with Gasteiger partial charge in [-0.25, -0.2) is 17.2 Å². The number of nitrogens with one attached hydrogen (secondary N) is 1. The van der Waals surface area contributed by atoms with Crippen molar-refractivity contribution in [1.29, 1.82) is 0 Å². The maximum absolute atomic E-state index is 13.4. The molecule has 7 heteroatoms. The van der Waals surface area contributed by atoms with Crippen LogP contribution in [0.15, 0.2) is 17.0 Å². The fourth-order valence-electron chi connectivity index (χ4n) is 1.34. The molecule has 4 nitrogen and oxygen atoms in total. The molecule has 0 amide bonds. The standard InChI is InChI=1S/C10H13F2NO3S/c1-13-5-9(14)7-3-6(17(2,15)16)4-8(11)10(7)12/h3-4,9,13-14H,5H2,1-2H3. The first kappa shape index (κ1) is 14.0. The Kier molecular flexibility index (Phi) is 4.18. The first-order valence-electron chi connectivity index (χ1n) is 4.79. The molecule has 1 aromatic rings. The van der Waals surface area contributed by atoms with Crippen molar-refractivity contribution in [3.63, 3.8) is 0 Å². The molecule has 0 bridgehead atoms. The Morgan fingerprint density at radius 2 is 2.00 bits per heavy atom. The van der Waals surface area contributed by atoms with E-state index < -0.39 is 27.6 Å². The first-order chi connectivity index (χ1) is 7.77. The second-order valence-electron chi connectivity index (χ2n) is 3.65. The molecule has 0 heterocycles. The summed E-state index contributed by atoms with van der Waals surface area (Å²) in [6.45, 7) is -0.0103. The van der Waals surface area contributed by atoms with E-state index in [-0.39, 0.29) is 17.0 Å². The van der Waals surface area contributed by atoms with Crippen molar-refractivity contribution in [3.05, 3.63) is 29.3 Å². The zero-order valence-corrected chi connectivity index (χ0v) is 10.2. The number of benzene rings is 1. The van der Waals surface area contributed by atoms with Gasteiger partial charge >= 0.3 is 0 Å². The van der Waals surface area contributed by atoms with Gasteiger partial charge < -0.3 is 10.4 Å². The van der Waals surface area contributed by atoms with E-state index >= 15 is 0 Å². The number of likely N-dealkylation sites (N-methyl/N-ethyl adjacent to an activating group) is 1. The third-order valence-corrected chi connectivity index (χ3v) is 3.31. The molecule has 1 rings (SSSR count). The zero-order valence-electron chi connectivity index (χ0n) is 9.37. The fourth-order valence-corrected chi connectivity index (χ4v) is 2.00. The summed E-state index contributed by atoms with van der Waals surface area (Å²) in [5.41, 5.74) is -0.375. The minimum absolute atomic E-state index is 0.0103. The highest BCUT2D eigenvalue weighted by molar-refractivity contribution is 7.90. The number of hydrogen-bond acceptors (Lipinski definition) is 4. The van der Waals surface area contributed by atoms with E-state index in [0.29, 0.717) is 6.07 Å². The molecule has 1 unspecified atom stereocenters. The van der Waals surface area contributed by atoms with Gasteiger partial charge in [0, 0.05) is 18.4 Å². The van der Waals surface area contributed by atoms with Crippen molar-refractivity contribution < 1.29 is 22.3 Å². The van der Waals surface area contributed by atoms with Crippen LogP contribution in [0, 0.1) is 11.6 Å². The highest BCUT2D eigenvalue weighted by Gasteiger charge is 2.20. The topological polar surface area (TPSA) is 66.4 Å². The zero-order chi connectivity index (χ0) is 13.2. The normalized spacial score (nSPS) is 13.7. The molecule has 1 aromatic carbocycles. The van der Waals surface area contributed by atoms with Gasteiger partial charge in [0.05, 0.1) is 11.0 Å². The van der Waals surface area contributed by atoms with Gasteiger partial charge in [0.25, 0.3) is 0 Å². The van der Waals surface area contributed by atoms with Crippen LogP contribution in [0.2, 0.25) is 0 Å². The lowest BCUT2D eigenvalue weighted by Crippen LogP contribution is -2.18. The molecule has 96 valence electrons. The average molecular weight is 265 g/mol. The molecule has 0 radical (unpaired) electrons. The molecule has 0 spiro atoms. The van der Waals surface area contributed by atoms with Crippen LogP contribution in [-0.4, -0.2) is 33.4 Å². The Hall–Kier alpha value is -1.05. The molecule has 0 aliphatic rings. The van der Waals surface area contributed by atoms with Gasteiger partial charge in [-0.05, 0) is 19.2 Å². The largest absolute Gasteiger partial charge is 0.387 e. The number of aliphatic hydroxyl groups is 1. The highest BCUT2D eigenvalue weighted by Crippen LogP contribution is 2.23. The van der Waals surface area contributed by atoms with Crippen LogP contribution < -0.4 is 5.32 Å². The second kappa shape index (κ2) is 5.07. The summed E-state index contributed by atoms with van der Waals surface area (Å²) in [5, 5.41) is 12.1. The Labute approximate surface area is 98.2 Å². The van der Waals surface area contributed by atoms with E-state index in [4.69, 9.17) is 0 Å². The molecule has 2 N–H and O–H groups in total. The summed E-state index contributed by atoms with van der Waals surface area (Å²) in [7, 11) is -2.13. The molecular weight excluding hydrogens is 252 g/mol. The van der Waals surface area contributed by atoms with Crippen LogP contribution in [-0.2, 0) is 9.84 Å². The number of sulfone groups is 1. The predicted molar refractivity (Wildman–Crippen MR) is 58.4 cm³/mol. The van der Waals surface area contributed by atoms with Crippen LogP contribution in [0.25, 0.3) is 0 Å². The van der Waals surface area contributed by atoms with Gasteiger partial charge in [-0.15, -0.1) is 0 Å². The number of rotatable bonds is 4. The molecule has 0 saturated heterocycles. The number of hydrogen-bond donors (Lipinski definition) is 2. The van der Waals surface area contributed by atoms with Gasteiger partial charge in [-0.1, -0.05) is 0 Å². The Bertz CT molecular complexity index is 517. The minimum atomic E-state index is -3.65. The van der Waals surface area contributed by atoms with Gasteiger partial charge in [0.15, 0.2) is 21.5 Å². The summed E-state index contributed by atoms with van der Waals surface area (Å²) in [4.78, 5) is -0.360. The molecule has 0 aliphatic carbocycles. The Morgan fingerprint density at radius 3 is 2.47 bits per heavy atom. The van der Waals surface area contributed by atoms with Crippen molar-refractivity contribution in [2.75, 3.05) is 19.8 Å². The van der Waals surface area contributed by atoms with Gasteiger partial charge in [0.2, 0.25) is 0 Å². The van der Waals surface area contributed by atoms with E-state index in [0.717, 1.165) is 12.3 Å². The smallest absolute Gasteiger partial charge is 0.175 e. The molecular formula is C10H13F2NO3S. The summed E-state index contributed by atoms with van der Waals surface area (Å²) in [6, 6.07) is 1.54. The third kappa shape index (κ3) is 3.21. The van der Waals surface area contributed by atoms with Gasteiger partial charge in [-0.3, -0.25) is 0 Å². The lowest BCUT2D eigenvalue weighted by atomic mass is 10.1. The summed E-state index contributed by atoms with van der Waals surface area (Å²) in [6.07, 6.45) is -0.426. The molecule has 17 heavy (non-hydrogen) atoms. The Balaban J connectivity index is 3.35. The van der Waals surface area contributed by atoms with Crippen LogP contribution in [0.5, 0.6) is 0 Å².